The van der Waals surface area contributed by atoms with E-state index in [1.54, 1.807) is 0 Å². The molecule has 5 atom stereocenters. The highest BCUT2D eigenvalue weighted by atomic mass is 16.2. The highest BCUT2D eigenvalue weighted by molar-refractivity contribution is 5.87. The first-order chi connectivity index (χ1) is 18.5. The maximum Gasteiger partial charge on any atom is 0.226 e. The van der Waals surface area contributed by atoms with Crippen LogP contribution in [0.4, 0.5) is 0 Å². The lowest BCUT2D eigenvalue weighted by molar-refractivity contribution is -0.142. The standard InChI is InChI=1S/C33H45N3O2/c1-24(32(34)37)31(19-25-11-5-2-6-12-25)33(38)36-22-29(27-15-9-4-10-16-27)20-30(36)23-35-18-17-28(21-35)26-13-7-3-8-14-26/h3-4,7-10,13-16,24-25,28-31H,2,5-6,11-12,17-23H2,1H3,(H2,34,37)/t24?,28?,29-,30-,31-/m0/s1. The molecule has 5 rings (SSSR count). The summed E-state index contributed by atoms with van der Waals surface area (Å²) in [6.45, 7) is 5.62. The molecule has 2 N–H and O–H groups in total. The van der Waals surface area contributed by atoms with Gasteiger partial charge >= 0.3 is 0 Å². The van der Waals surface area contributed by atoms with Crippen molar-refractivity contribution in [1.29, 1.82) is 0 Å². The number of nitrogens with two attached hydrogens (primary N) is 1. The Kier molecular flexibility index (Phi) is 8.83. The SMILES string of the molecule is CC(C(N)=O)[C@H](CC1CCCCC1)C(=O)N1C[C@@H](c2ccccc2)C[C@H]1CN1CCC(c2ccccc2)C1. The van der Waals surface area contributed by atoms with Gasteiger partial charge in [-0.3, -0.25) is 9.59 Å². The Bertz CT molecular complexity index is 1050. The monoisotopic (exact) mass is 515 g/mol. The van der Waals surface area contributed by atoms with Crippen LogP contribution < -0.4 is 5.73 Å². The van der Waals surface area contributed by atoms with Crippen LogP contribution in [0, 0.1) is 17.8 Å². The molecule has 0 radical (unpaired) electrons. The largest absolute Gasteiger partial charge is 0.369 e. The summed E-state index contributed by atoms with van der Waals surface area (Å²) in [5.41, 5.74) is 8.54. The van der Waals surface area contributed by atoms with Gasteiger partial charge in [0.2, 0.25) is 11.8 Å². The van der Waals surface area contributed by atoms with E-state index in [1.807, 2.05) is 6.92 Å². The minimum absolute atomic E-state index is 0.157. The number of carbonyl (C=O) groups is 2. The average molecular weight is 516 g/mol. The molecule has 1 saturated carbocycles. The third-order valence-corrected chi connectivity index (χ3v) is 9.66. The fraction of sp³-hybridized carbons (Fsp3) is 0.576. The molecule has 2 unspecified atom stereocenters. The Labute approximate surface area is 228 Å². The summed E-state index contributed by atoms with van der Waals surface area (Å²) in [6, 6.07) is 21.6. The zero-order chi connectivity index (χ0) is 26.5. The molecule has 2 amide bonds. The van der Waals surface area contributed by atoms with Gasteiger partial charge in [0.1, 0.15) is 0 Å². The molecular formula is C33H45N3O2. The number of primary amides is 1. The molecule has 38 heavy (non-hydrogen) atoms. The van der Waals surface area contributed by atoms with Crippen molar-refractivity contribution in [3.63, 3.8) is 0 Å². The van der Waals surface area contributed by atoms with Crippen molar-refractivity contribution in [1.82, 2.24) is 9.80 Å². The molecule has 0 bridgehead atoms. The van der Waals surface area contributed by atoms with Crippen molar-refractivity contribution in [2.75, 3.05) is 26.2 Å². The summed E-state index contributed by atoms with van der Waals surface area (Å²) >= 11 is 0. The molecule has 2 aromatic carbocycles. The third kappa shape index (κ3) is 6.31. The predicted octanol–water partition coefficient (Wildman–Crippen LogP) is 5.57. The molecule has 2 aliphatic heterocycles. The van der Waals surface area contributed by atoms with Gasteiger partial charge in [-0.25, -0.2) is 0 Å². The van der Waals surface area contributed by atoms with Crippen molar-refractivity contribution in [3.05, 3.63) is 71.8 Å². The number of nitrogens with zero attached hydrogens (tertiary/aromatic N) is 2. The summed E-state index contributed by atoms with van der Waals surface area (Å²) < 4.78 is 0. The van der Waals surface area contributed by atoms with E-state index < -0.39 is 5.92 Å². The van der Waals surface area contributed by atoms with Crippen molar-refractivity contribution in [2.45, 2.75) is 76.2 Å². The van der Waals surface area contributed by atoms with E-state index >= 15 is 0 Å². The van der Waals surface area contributed by atoms with Gasteiger partial charge in [0.15, 0.2) is 0 Å². The van der Waals surface area contributed by atoms with E-state index in [2.05, 4.69) is 70.5 Å². The fourth-order valence-electron chi connectivity index (χ4n) is 7.33. The van der Waals surface area contributed by atoms with Crippen molar-refractivity contribution in [2.24, 2.45) is 23.5 Å². The Hall–Kier alpha value is -2.66. The number of carbonyl (C=O) groups excluding carboxylic acids is 2. The topological polar surface area (TPSA) is 66.6 Å². The van der Waals surface area contributed by atoms with Gasteiger partial charge in [0.05, 0.1) is 0 Å². The molecule has 3 aliphatic rings. The summed E-state index contributed by atoms with van der Waals surface area (Å²) in [5, 5.41) is 0. The zero-order valence-corrected chi connectivity index (χ0v) is 23.0. The quantitative estimate of drug-likeness (QED) is 0.475. The van der Waals surface area contributed by atoms with E-state index in [-0.39, 0.29) is 23.8 Å². The van der Waals surface area contributed by atoms with Crippen LogP contribution in [0.3, 0.4) is 0 Å². The van der Waals surface area contributed by atoms with Gasteiger partial charge in [-0.05, 0) is 48.8 Å². The molecular weight excluding hydrogens is 470 g/mol. The predicted molar refractivity (Wildman–Crippen MR) is 153 cm³/mol. The van der Waals surface area contributed by atoms with Crippen LogP contribution in [0.15, 0.2) is 60.7 Å². The summed E-state index contributed by atoms with van der Waals surface area (Å²) in [7, 11) is 0. The maximum atomic E-state index is 14.3. The van der Waals surface area contributed by atoms with Crippen LogP contribution in [0.1, 0.15) is 81.3 Å². The number of likely N-dealkylation sites (tertiary alicyclic amines) is 2. The molecule has 3 fully saturated rings. The molecule has 5 heteroatoms. The van der Waals surface area contributed by atoms with Gasteiger partial charge in [0.25, 0.3) is 0 Å². The minimum Gasteiger partial charge on any atom is -0.369 e. The van der Waals surface area contributed by atoms with Gasteiger partial charge in [-0.2, -0.15) is 0 Å². The number of benzene rings is 2. The van der Waals surface area contributed by atoms with E-state index in [0.29, 0.717) is 17.8 Å². The van der Waals surface area contributed by atoms with Gasteiger partial charge in [0, 0.05) is 43.4 Å². The van der Waals surface area contributed by atoms with Crippen LogP contribution in [-0.4, -0.2) is 53.8 Å². The molecule has 2 saturated heterocycles. The van der Waals surface area contributed by atoms with Crippen molar-refractivity contribution >= 4 is 11.8 Å². The van der Waals surface area contributed by atoms with E-state index in [1.165, 1.54) is 43.2 Å². The summed E-state index contributed by atoms with van der Waals surface area (Å²) in [4.78, 5) is 31.4. The number of hydrogen-bond donors (Lipinski definition) is 1. The average Bonchev–Trinajstić information content (AvgIpc) is 3.60. The second kappa shape index (κ2) is 12.5. The van der Waals surface area contributed by atoms with Crippen molar-refractivity contribution in [3.8, 4) is 0 Å². The summed E-state index contributed by atoms with van der Waals surface area (Å²) in [5.74, 6) is 0.468. The number of rotatable bonds is 9. The zero-order valence-electron chi connectivity index (χ0n) is 23.0. The normalized spacial score (nSPS) is 26.3. The maximum absolute atomic E-state index is 14.3. The van der Waals surface area contributed by atoms with Crippen LogP contribution in [0.25, 0.3) is 0 Å². The third-order valence-electron chi connectivity index (χ3n) is 9.66. The first-order valence-electron chi connectivity index (χ1n) is 14.9. The smallest absolute Gasteiger partial charge is 0.226 e. The molecule has 1 aliphatic carbocycles. The van der Waals surface area contributed by atoms with Crippen LogP contribution in [0.5, 0.6) is 0 Å². The second-order valence-electron chi connectivity index (χ2n) is 12.2. The lowest BCUT2D eigenvalue weighted by Crippen LogP contribution is -2.48. The number of hydrogen-bond acceptors (Lipinski definition) is 3. The second-order valence-corrected chi connectivity index (χ2v) is 12.2. The Morgan fingerprint density at radius 3 is 2.13 bits per heavy atom. The lowest BCUT2D eigenvalue weighted by atomic mass is 9.78. The minimum atomic E-state index is -0.435. The van der Waals surface area contributed by atoms with E-state index in [9.17, 15) is 9.59 Å². The van der Waals surface area contributed by atoms with Gasteiger partial charge in [-0.1, -0.05) is 99.7 Å². The molecule has 0 aromatic heterocycles. The highest BCUT2D eigenvalue weighted by Crippen LogP contribution is 2.38. The molecule has 204 valence electrons. The van der Waals surface area contributed by atoms with Crippen LogP contribution >= 0.6 is 0 Å². The van der Waals surface area contributed by atoms with E-state index in [4.69, 9.17) is 5.73 Å². The Morgan fingerprint density at radius 2 is 1.50 bits per heavy atom. The lowest BCUT2D eigenvalue weighted by Gasteiger charge is -2.35. The number of amides is 2. The van der Waals surface area contributed by atoms with Crippen LogP contribution in [-0.2, 0) is 9.59 Å². The Morgan fingerprint density at radius 1 is 0.868 bits per heavy atom. The molecule has 0 spiro atoms. The molecule has 2 aromatic rings. The molecule has 5 nitrogen and oxygen atoms in total. The molecule has 2 heterocycles. The fourth-order valence-corrected chi connectivity index (χ4v) is 7.33. The first kappa shape index (κ1) is 26.9. The summed E-state index contributed by atoms with van der Waals surface area (Å²) in [6.07, 6.45) is 9.02. The van der Waals surface area contributed by atoms with Crippen molar-refractivity contribution < 1.29 is 9.59 Å². The van der Waals surface area contributed by atoms with Crippen LogP contribution in [0.2, 0.25) is 0 Å². The Balaban J connectivity index is 1.34. The van der Waals surface area contributed by atoms with Gasteiger partial charge in [-0.15, -0.1) is 0 Å². The van der Waals surface area contributed by atoms with Gasteiger partial charge < -0.3 is 15.5 Å². The highest BCUT2D eigenvalue weighted by Gasteiger charge is 2.42. The first-order valence-corrected chi connectivity index (χ1v) is 14.9. The van der Waals surface area contributed by atoms with E-state index in [0.717, 1.165) is 45.4 Å².